The lowest BCUT2D eigenvalue weighted by atomic mass is 10.1. The first-order valence-electron chi connectivity index (χ1n) is 7.36. The molecule has 0 radical (unpaired) electrons. The van der Waals surface area contributed by atoms with Gasteiger partial charge in [-0.25, -0.2) is 4.79 Å². The molecule has 1 aliphatic rings. The van der Waals surface area contributed by atoms with Crippen molar-refractivity contribution in [1.82, 2.24) is 10.6 Å². The van der Waals surface area contributed by atoms with Gasteiger partial charge in [0.1, 0.15) is 0 Å². The second kappa shape index (κ2) is 7.47. The highest BCUT2D eigenvalue weighted by molar-refractivity contribution is 6.30. The zero-order chi connectivity index (χ0) is 16.1. The zero-order valence-electron chi connectivity index (χ0n) is 12.9. The Balaban J connectivity index is 1.86. The third-order valence-corrected chi connectivity index (χ3v) is 4.11. The van der Waals surface area contributed by atoms with Crippen molar-refractivity contribution in [3.63, 3.8) is 0 Å². The molecule has 0 spiro atoms. The number of aryl methyl sites for hydroxylation is 1. The first-order chi connectivity index (χ1) is 10.5. The lowest BCUT2D eigenvalue weighted by molar-refractivity contribution is -0.892. The highest BCUT2D eigenvalue weighted by Crippen LogP contribution is 2.24. The lowest BCUT2D eigenvalue weighted by Crippen LogP contribution is -3.16. The number of carbonyl (C=O) groups excluding carboxylic acids is 2. The van der Waals surface area contributed by atoms with Gasteiger partial charge in [-0.1, -0.05) is 17.7 Å². The highest BCUT2D eigenvalue weighted by Gasteiger charge is 2.23. The molecule has 22 heavy (non-hydrogen) atoms. The summed E-state index contributed by atoms with van der Waals surface area (Å²) >= 11 is 6.07. The Hall–Kier alpha value is -1.79. The third kappa shape index (κ3) is 4.35. The van der Waals surface area contributed by atoms with Crippen LogP contribution >= 0.6 is 11.6 Å². The summed E-state index contributed by atoms with van der Waals surface area (Å²) in [6, 6.07) is 5.44. The molecule has 3 N–H and O–H groups in total. The number of nitrogens with one attached hydrogen (secondary N) is 3. The third-order valence-electron chi connectivity index (χ3n) is 3.87. The number of halogens is 1. The second-order valence-electron chi connectivity index (χ2n) is 5.47. The minimum absolute atomic E-state index is 0.248. The largest absolute Gasteiger partial charge is 0.360 e. The van der Waals surface area contributed by atoms with Gasteiger partial charge in [0.15, 0.2) is 6.54 Å². The number of quaternary nitrogens is 1. The van der Waals surface area contributed by atoms with Crippen LogP contribution in [-0.2, 0) is 4.79 Å². The number of benzene rings is 1. The molecule has 1 saturated heterocycles. The minimum atomic E-state index is -0.461. The molecule has 0 aliphatic carbocycles. The van der Waals surface area contributed by atoms with E-state index in [0.29, 0.717) is 6.54 Å². The van der Waals surface area contributed by atoms with Gasteiger partial charge < -0.3 is 15.1 Å². The smallest absolute Gasteiger partial charge is 0.321 e. The fraction of sp³-hybridized carbons (Fsp3) is 0.467. The lowest BCUT2D eigenvalue weighted by Gasteiger charge is -2.34. The van der Waals surface area contributed by atoms with Crippen molar-refractivity contribution < 1.29 is 14.5 Å². The fourth-order valence-electron chi connectivity index (χ4n) is 2.62. The van der Waals surface area contributed by atoms with E-state index in [9.17, 15) is 9.59 Å². The molecule has 0 atom stereocenters. The monoisotopic (exact) mass is 325 g/mol. The number of nitrogens with zero attached hydrogens (tertiary/aromatic N) is 1. The maximum absolute atomic E-state index is 11.7. The maximum Gasteiger partial charge on any atom is 0.321 e. The Kier molecular flexibility index (Phi) is 5.63. The Morgan fingerprint density at radius 3 is 2.64 bits per heavy atom. The number of piperazine rings is 1. The van der Waals surface area contributed by atoms with Crippen LogP contribution in [0.15, 0.2) is 18.2 Å². The number of carbonyl (C=O) groups is 2. The fourth-order valence-corrected chi connectivity index (χ4v) is 2.79. The van der Waals surface area contributed by atoms with E-state index >= 15 is 0 Å². The van der Waals surface area contributed by atoms with Crippen LogP contribution in [0.4, 0.5) is 10.5 Å². The van der Waals surface area contributed by atoms with E-state index in [-0.39, 0.29) is 5.91 Å². The van der Waals surface area contributed by atoms with Crippen molar-refractivity contribution in [3.8, 4) is 0 Å². The maximum atomic E-state index is 11.7. The van der Waals surface area contributed by atoms with Crippen molar-refractivity contribution in [2.45, 2.75) is 6.92 Å². The molecule has 6 nitrogen and oxygen atoms in total. The van der Waals surface area contributed by atoms with Crippen LogP contribution in [0.2, 0.25) is 5.02 Å². The normalized spacial score (nSPS) is 15.5. The van der Waals surface area contributed by atoms with Crippen LogP contribution in [0.1, 0.15) is 5.56 Å². The van der Waals surface area contributed by atoms with Crippen molar-refractivity contribution in [2.24, 2.45) is 0 Å². The Morgan fingerprint density at radius 1 is 1.32 bits per heavy atom. The van der Waals surface area contributed by atoms with Crippen LogP contribution in [-0.4, -0.2) is 51.7 Å². The molecule has 1 aromatic carbocycles. The van der Waals surface area contributed by atoms with Gasteiger partial charge in [-0.2, -0.15) is 0 Å². The first kappa shape index (κ1) is 16.6. The van der Waals surface area contributed by atoms with E-state index in [4.69, 9.17) is 11.6 Å². The topological polar surface area (TPSA) is 65.9 Å². The number of rotatable bonds is 3. The predicted octanol–water partition coefficient (Wildman–Crippen LogP) is -0.191. The van der Waals surface area contributed by atoms with Crippen LogP contribution in [0.3, 0.4) is 0 Å². The van der Waals surface area contributed by atoms with Gasteiger partial charge in [0, 0.05) is 17.8 Å². The molecule has 1 aromatic rings. The SMILES string of the molecule is CNC(=O)NC(=O)C[NH+]1CCN(c2cc(Cl)ccc2C)CC1. The molecule has 7 heteroatoms. The van der Waals surface area contributed by atoms with Gasteiger partial charge in [0.2, 0.25) is 0 Å². The Morgan fingerprint density at radius 2 is 2.00 bits per heavy atom. The van der Waals surface area contributed by atoms with Gasteiger partial charge in [0.25, 0.3) is 5.91 Å². The number of urea groups is 1. The van der Waals surface area contributed by atoms with Crippen molar-refractivity contribution >= 4 is 29.2 Å². The standard InChI is InChI=1S/C15H21ClN4O2/c1-11-3-4-12(16)9-13(11)20-7-5-19(6-8-20)10-14(21)18-15(22)17-2/h3-4,9H,5-8,10H2,1-2H3,(H2,17,18,21,22)/p+1. The summed E-state index contributed by atoms with van der Waals surface area (Å²) in [6.45, 7) is 5.82. The molecule has 0 unspecified atom stereocenters. The van der Waals surface area contributed by atoms with E-state index in [0.717, 1.165) is 36.9 Å². The number of amides is 3. The van der Waals surface area contributed by atoms with Gasteiger partial charge in [0.05, 0.1) is 26.2 Å². The van der Waals surface area contributed by atoms with Gasteiger partial charge >= 0.3 is 6.03 Å². The number of imide groups is 1. The predicted molar refractivity (Wildman–Crippen MR) is 86.6 cm³/mol. The molecule has 1 heterocycles. The first-order valence-corrected chi connectivity index (χ1v) is 7.73. The average Bonchev–Trinajstić information content (AvgIpc) is 2.50. The van der Waals surface area contributed by atoms with E-state index in [1.807, 2.05) is 18.2 Å². The second-order valence-corrected chi connectivity index (χ2v) is 5.91. The Bertz CT molecular complexity index is 556. The molecule has 0 saturated carbocycles. The van der Waals surface area contributed by atoms with Crippen LogP contribution in [0, 0.1) is 6.92 Å². The van der Waals surface area contributed by atoms with E-state index < -0.39 is 6.03 Å². The molecular weight excluding hydrogens is 304 g/mol. The summed E-state index contributed by atoms with van der Waals surface area (Å²) in [5, 5.41) is 5.40. The van der Waals surface area contributed by atoms with E-state index in [1.165, 1.54) is 17.5 Å². The molecule has 1 aliphatic heterocycles. The van der Waals surface area contributed by atoms with Crippen LogP contribution in [0.5, 0.6) is 0 Å². The summed E-state index contributed by atoms with van der Waals surface area (Å²) in [5.41, 5.74) is 2.35. The molecule has 0 bridgehead atoms. The summed E-state index contributed by atoms with van der Waals surface area (Å²) in [5.74, 6) is -0.248. The summed E-state index contributed by atoms with van der Waals surface area (Å²) in [7, 11) is 1.49. The van der Waals surface area contributed by atoms with Gasteiger partial charge in [-0.15, -0.1) is 0 Å². The minimum Gasteiger partial charge on any atom is -0.360 e. The summed E-state index contributed by atoms with van der Waals surface area (Å²) in [6.07, 6.45) is 0. The van der Waals surface area contributed by atoms with E-state index in [1.54, 1.807) is 0 Å². The Labute approximate surface area is 135 Å². The molecule has 3 amide bonds. The van der Waals surface area contributed by atoms with Crippen molar-refractivity contribution in [1.29, 1.82) is 0 Å². The number of hydrogen-bond donors (Lipinski definition) is 3. The molecule has 2 rings (SSSR count). The number of anilines is 1. The van der Waals surface area contributed by atoms with Crippen LogP contribution < -0.4 is 20.4 Å². The average molecular weight is 326 g/mol. The van der Waals surface area contributed by atoms with Gasteiger partial charge in [-0.05, 0) is 24.6 Å². The number of hydrogen-bond acceptors (Lipinski definition) is 3. The van der Waals surface area contributed by atoms with Crippen molar-refractivity contribution in [2.75, 3.05) is 44.7 Å². The van der Waals surface area contributed by atoms with Gasteiger partial charge in [-0.3, -0.25) is 10.1 Å². The van der Waals surface area contributed by atoms with E-state index in [2.05, 4.69) is 22.5 Å². The quantitative estimate of drug-likeness (QED) is 0.721. The molecule has 0 aromatic heterocycles. The van der Waals surface area contributed by atoms with Crippen LogP contribution in [0.25, 0.3) is 0 Å². The highest BCUT2D eigenvalue weighted by atomic mass is 35.5. The molecule has 1 fully saturated rings. The molecule has 120 valence electrons. The summed E-state index contributed by atoms with van der Waals surface area (Å²) < 4.78 is 0. The summed E-state index contributed by atoms with van der Waals surface area (Å²) in [4.78, 5) is 26.3. The van der Waals surface area contributed by atoms with Crippen molar-refractivity contribution in [3.05, 3.63) is 28.8 Å². The zero-order valence-corrected chi connectivity index (χ0v) is 13.7. The molecular formula is C15H22ClN4O2+.